The van der Waals surface area contributed by atoms with E-state index in [0.717, 1.165) is 31.9 Å². The first kappa shape index (κ1) is 23.5. The maximum Gasteiger partial charge on any atom is 0.357 e. The minimum absolute atomic E-state index is 0.0319. The third-order valence-electron chi connectivity index (χ3n) is 6.20. The molecule has 1 aliphatic rings. The molecule has 0 aliphatic carbocycles. The quantitative estimate of drug-likeness (QED) is 0.518. The molecule has 0 unspecified atom stereocenters. The standard InChI is InChI=1S/C26H30N4O4/c1-18(2)28-14-16-29(17-15-28)20-12-10-19(11-13-20)23-22(25(31)33-3)24(26(32)34-4)30(27-23)21-8-6-5-7-9-21/h5-13,18H,14-17H2,1-4H3. The summed E-state index contributed by atoms with van der Waals surface area (Å²) in [4.78, 5) is 30.3. The van der Waals surface area contributed by atoms with Crippen LogP contribution in [0, 0.1) is 0 Å². The van der Waals surface area contributed by atoms with Gasteiger partial charge in [-0.05, 0) is 38.1 Å². The number of hydrogen-bond acceptors (Lipinski definition) is 7. The number of carbonyl (C=O) groups is 2. The van der Waals surface area contributed by atoms with E-state index in [4.69, 9.17) is 9.47 Å². The highest BCUT2D eigenvalue weighted by Crippen LogP contribution is 2.30. The number of ether oxygens (including phenoxy) is 2. The van der Waals surface area contributed by atoms with Crippen LogP contribution in [0.4, 0.5) is 5.69 Å². The van der Waals surface area contributed by atoms with Crippen molar-refractivity contribution in [3.63, 3.8) is 0 Å². The maximum atomic E-state index is 12.8. The van der Waals surface area contributed by atoms with E-state index in [-0.39, 0.29) is 11.3 Å². The summed E-state index contributed by atoms with van der Waals surface area (Å²) in [6, 6.07) is 17.6. The molecule has 3 aromatic rings. The summed E-state index contributed by atoms with van der Waals surface area (Å²) in [7, 11) is 2.56. The summed E-state index contributed by atoms with van der Waals surface area (Å²) < 4.78 is 11.4. The number of methoxy groups -OCH3 is 2. The number of nitrogens with zero attached hydrogens (tertiary/aromatic N) is 4. The van der Waals surface area contributed by atoms with Crippen LogP contribution >= 0.6 is 0 Å². The number of piperazine rings is 1. The smallest absolute Gasteiger partial charge is 0.357 e. The lowest BCUT2D eigenvalue weighted by molar-refractivity contribution is 0.0549. The van der Waals surface area contributed by atoms with Crippen LogP contribution in [-0.4, -0.2) is 73.1 Å². The molecule has 1 saturated heterocycles. The van der Waals surface area contributed by atoms with Crippen LogP contribution in [0.1, 0.15) is 34.7 Å². The van der Waals surface area contributed by atoms with Gasteiger partial charge in [-0.3, -0.25) is 4.90 Å². The molecule has 8 nitrogen and oxygen atoms in total. The molecule has 4 rings (SSSR count). The van der Waals surface area contributed by atoms with Gasteiger partial charge in [0, 0.05) is 43.5 Å². The third kappa shape index (κ3) is 4.54. The van der Waals surface area contributed by atoms with E-state index in [1.54, 1.807) is 0 Å². The molecule has 178 valence electrons. The van der Waals surface area contributed by atoms with Gasteiger partial charge in [-0.25, -0.2) is 14.3 Å². The van der Waals surface area contributed by atoms with Crippen molar-refractivity contribution in [1.29, 1.82) is 0 Å². The fraction of sp³-hybridized carbons (Fsp3) is 0.346. The van der Waals surface area contributed by atoms with Crippen LogP contribution in [-0.2, 0) is 9.47 Å². The van der Waals surface area contributed by atoms with Crippen molar-refractivity contribution < 1.29 is 19.1 Å². The molecule has 0 spiro atoms. The molecular formula is C26H30N4O4. The second kappa shape index (κ2) is 10.1. The molecule has 0 saturated carbocycles. The molecule has 2 heterocycles. The Hall–Kier alpha value is -3.65. The predicted octanol–water partition coefficient (Wildman–Crippen LogP) is 3.64. The monoisotopic (exact) mass is 462 g/mol. The molecule has 34 heavy (non-hydrogen) atoms. The van der Waals surface area contributed by atoms with Gasteiger partial charge in [0.25, 0.3) is 0 Å². The van der Waals surface area contributed by atoms with E-state index < -0.39 is 11.9 Å². The molecule has 8 heteroatoms. The lowest BCUT2D eigenvalue weighted by Gasteiger charge is -2.38. The van der Waals surface area contributed by atoms with Crippen molar-refractivity contribution in [1.82, 2.24) is 14.7 Å². The van der Waals surface area contributed by atoms with Gasteiger partial charge in [0.05, 0.1) is 19.9 Å². The van der Waals surface area contributed by atoms with Gasteiger partial charge in [0.2, 0.25) is 0 Å². The predicted molar refractivity (Wildman–Crippen MR) is 131 cm³/mol. The van der Waals surface area contributed by atoms with Gasteiger partial charge < -0.3 is 14.4 Å². The Balaban J connectivity index is 1.73. The molecule has 1 fully saturated rings. The molecule has 0 bridgehead atoms. The normalized spacial score (nSPS) is 14.3. The fourth-order valence-electron chi connectivity index (χ4n) is 4.28. The topological polar surface area (TPSA) is 76.9 Å². The van der Waals surface area contributed by atoms with E-state index >= 15 is 0 Å². The molecule has 2 aromatic carbocycles. The van der Waals surface area contributed by atoms with Gasteiger partial charge in [-0.1, -0.05) is 30.3 Å². The average molecular weight is 463 g/mol. The Morgan fingerprint density at radius 2 is 1.44 bits per heavy atom. The number of esters is 2. The Kier molecular flexibility index (Phi) is 6.98. The Morgan fingerprint density at radius 3 is 2.00 bits per heavy atom. The van der Waals surface area contributed by atoms with Gasteiger partial charge in [-0.2, -0.15) is 5.10 Å². The third-order valence-corrected chi connectivity index (χ3v) is 6.20. The number of carbonyl (C=O) groups excluding carboxylic acids is 2. The summed E-state index contributed by atoms with van der Waals surface area (Å²) in [5, 5.41) is 4.65. The molecule has 0 atom stereocenters. The highest BCUT2D eigenvalue weighted by molar-refractivity contribution is 6.06. The van der Waals surface area contributed by atoms with Gasteiger partial charge in [0.15, 0.2) is 5.69 Å². The van der Waals surface area contributed by atoms with E-state index in [9.17, 15) is 9.59 Å². The van der Waals surface area contributed by atoms with E-state index in [1.807, 2.05) is 54.6 Å². The maximum absolute atomic E-state index is 12.8. The lowest BCUT2D eigenvalue weighted by Crippen LogP contribution is -2.48. The van der Waals surface area contributed by atoms with E-state index in [0.29, 0.717) is 23.0 Å². The minimum atomic E-state index is -0.664. The summed E-state index contributed by atoms with van der Waals surface area (Å²) in [5.41, 5.74) is 2.94. The molecular weight excluding hydrogens is 432 g/mol. The van der Waals surface area contributed by atoms with Crippen LogP contribution in [0.15, 0.2) is 54.6 Å². The SMILES string of the molecule is COC(=O)c1c(-c2ccc(N3CCN(C(C)C)CC3)cc2)nn(-c2ccccc2)c1C(=O)OC. The first-order chi connectivity index (χ1) is 16.4. The summed E-state index contributed by atoms with van der Waals surface area (Å²) in [6.45, 7) is 8.41. The van der Waals surface area contributed by atoms with Crippen LogP contribution < -0.4 is 4.90 Å². The zero-order valence-electron chi connectivity index (χ0n) is 20.0. The first-order valence-corrected chi connectivity index (χ1v) is 11.4. The van der Waals surface area contributed by atoms with Gasteiger partial charge >= 0.3 is 11.9 Å². The van der Waals surface area contributed by atoms with E-state index in [1.165, 1.54) is 18.9 Å². The second-order valence-corrected chi connectivity index (χ2v) is 8.47. The van der Waals surface area contributed by atoms with E-state index in [2.05, 4.69) is 28.7 Å². The van der Waals surface area contributed by atoms with Crippen molar-refractivity contribution in [2.24, 2.45) is 0 Å². The number of aromatic nitrogens is 2. The van der Waals surface area contributed by atoms with Crippen molar-refractivity contribution >= 4 is 17.6 Å². The first-order valence-electron chi connectivity index (χ1n) is 11.4. The molecule has 0 amide bonds. The van der Waals surface area contributed by atoms with Crippen LogP contribution in [0.25, 0.3) is 16.9 Å². The molecule has 1 aliphatic heterocycles. The second-order valence-electron chi connectivity index (χ2n) is 8.47. The van der Waals surface area contributed by atoms with Crippen molar-refractivity contribution in [3.8, 4) is 16.9 Å². The fourth-order valence-corrected chi connectivity index (χ4v) is 4.28. The molecule has 0 radical (unpaired) electrons. The lowest BCUT2D eigenvalue weighted by atomic mass is 10.0. The zero-order chi connectivity index (χ0) is 24.2. The Bertz CT molecular complexity index is 1150. The number of rotatable bonds is 6. The zero-order valence-corrected chi connectivity index (χ0v) is 20.0. The molecule has 1 aromatic heterocycles. The van der Waals surface area contributed by atoms with Gasteiger partial charge in [-0.15, -0.1) is 0 Å². The largest absolute Gasteiger partial charge is 0.465 e. The van der Waals surface area contributed by atoms with Crippen molar-refractivity contribution in [2.75, 3.05) is 45.3 Å². The highest BCUT2D eigenvalue weighted by Gasteiger charge is 2.31. The van der Waals surface area contributed by atoms with Crippen molar-refractivity contribution in [2.45, 2.75) is 19.9 Å². The Labute approximate surface area is 199 Å². The Morgan fingerprint density at radius 1 is 0.824 bits per heavy atom. The summed E-state index contributed by atoms with van der Waals surface area (Å²) in [6.07, 6.45) is 0. The number of anilines is 1. The summed E-state index contributed by atoms with van der Waals surface area (Å²) in [5.74, 6) is -1.31. The van der Waals surface area contributed by atoms with Crippen LogP contribution in [0.2, 0.25) is 0 Å². The van der Waals surface area contributed by atoms with Crippen LogP contribution in [0.5, 0.6) is 0 Å². The number of benzene rings is 2. The van der Waals surface area contributed by atoms with Gasteiger partial charge in [0.1, 0.15) is 11.3 Å². The highest BCUT2D eigenvalue weighted by atomic mass is 16.5. The number of hydrogen-bond donors (Lipinski definition) is 0. The summed E-state index contributed by atoms with van der Waals surface area (Å²) >= 11 is 0. The molecule has 0 N–H and O–H groups in total. The average Bonchev–Trinajstić information content (AvgIpc) is 3.29. The number of para-hydroxylation sites is 1. The minimum Gasteiger partial charge on any atom is -0.465 e. The van der Waals surface area contributed by atoms with Crippen molar-refractivity contribution in [3.05, 3.63) is 65.9 Å². The van der Waals surface area contributed by atoms with Crippen LogP contribution in [0.3, 0.4) is 0 Å².